The zero-order chi connectivity index (χ0) is 15.8. The highest BCUT2D eigenvalue weighted by molar-refractivity contribution is 6.75. The quantitative estimate of drug-likeness (QED) is 0.529. The van der Waals surface area contributed by atoms with Crippen molar-refractivity contribution in [2.75, 3.05) is 42.7 Å². The molecule has 7 nitrogen and oxygen atoms in total. The van der Waals surface area contributed by atoms with Crippen molar-refractivity contribution in [1.82, 2.24) is 4.23 Å². The molecule has 0 aromatic carbocycles. The number of rotatable bonds is 11. The Morgan fingerprint density at radius 2 is 1.05 bits per heavy atom. The lowest BCUT2D eigenvalue weighted by Crippen LogP contribution is -2.75. The predicted molar refractivity (Wildman–Crippen MR) is 79.8 cm³/mol. The lowest BCUT2D eigenvalue weighted by molar-refractivity contribution is 0.00777. The van der Waals surface area contributed by atoms with E-state index in [0.717, 1.165) is 12.8 Å². The Morgan fingerprint density at radius 1 is 0.750 bits per heavy atom. The van der Waals surface area contributed by atoms with Gasteiger partial charge in [0.1, 0.15) is 0 Å². The summed E-state index contributed by atoms with van der Waals surface area (Å²) in [5.74, 6) is 0. The van der Waals surface area contributed by atoms with Crippen molar-refractivity contribution in [2.45, 2.75) is 32.7 Å². The maximum atomic E-state index is 5.59. The molecule has 0 aromatic heterocycles. The van der Waals surface area contributed by atoms with Crippen LogP contribution in [0, 0.1) is 0 Å². The molecule has 0 radical (unpaired) electrons. The highest BCUT2D eigenvalue weighted by Gasteiger charge is 2.64. The molecule has 20 heavy (non-hydrogen) atoms. The Bertz CT molecular complexity index is 227. The molecule has 1 atom stereocenters. The second kappa shape index (κ2) is 9.23. The zero-order valence-corrected chi connectivity index (χ0v) is 15.9. The van der Waals surface area contributed by atoms with E-state index in [2.05, 4.69) is 13.8 Å². The van der Waals surface area contributed by atoms with E-state index in [0.29, 0.717) is 0 Å². The van der Waals surface area contributed by atoms with Gasteiger partial charge in [0.25, 0.3) is 0 Å². The van der Waals surface area contributed by atoms with E-state index in [1.807, 2.05) is 4.23 Å². The first-order chi connectivity index (χ1) is 9.47. The third-order valence-electron chi connectivity index (χ3n) is 3.29. The number of nitrogens with zero attached hydrogens (tertiary/aromatic N) is 1. The van der Waals surface area contributed by atoms with Gasteiger partial charge < -0.3 is 26.6 Å². The molecule has 0 spiro atoms. The monoisotopic (exact) mass is 327 g/mol. The van der Waals surface area contributed by atoms with E-state index in [1.165, 1.54) is 0 Å². The van der Waals surface area contributed by atoms with E-state index < -0.39 is 17.9 Å². The van der Waals surface area contributed by atoms with Crippen LogP contribution in [-0.4, -0.2) is 70.9 Å². The summed E-state index contributed by atoms with van der Waals surface area (Å²) in [6.45, 7) is 4.17. The SMILES string of the molecule is CCCC(C)N([Si](OC)(OC)OC)[Si](OC)(OC)OC. The fourth-order valence-electron chi connectivity index (χ4n) is 2.34. The molecular formula is C11H29NO6Si2. The number of hydrogen-bond donors (Lipinski definition) is 0. The van der Waals surface area contributed by atoms with E-state index >= 15 is 0 Å². The van der Waals surface area contributed by atoms with Gasteiger partial charge in [-0.25, -0.2) is 4.23 Å². The van der Waals surface area contributed by atoms with Crippen LogP contribution in [0.3, 0.4) is 0 Å². The smallest absolute Gasteiger partial charge is 0.365 e. The Balaban J connectivity index is 5.79. The summed E-state index contributed by atoms with van der Waals surface area (Å²) in [4.78, 5) is 0. The first-order valence-electron chi connectivity index (χ1n) is 6.57. The van der Waals surface area contributed by atoms with Crippen molar-refractivity contribution in [3.05, 3.63) is 0 Å². The van der Waals surface area contributed by atoms with Crippen LogP contribution >= 0.6 is 0 Å². The normalized spacial score (nSPS) is 14.8. The molecule has 122 valence electrons. The van der Waals surface area contributed by atoms with E-state index in [-0.39, 0.29) is 6.04 Å². The lowest BCUT2D eigenvalue weighted by atomic mass is 10.2. The lowest BCUT2D eigenvalue weighted by Gasteiger charge is -2.45. The molecule has 0 saturated heterocycles. The highest BCUT2D eigenvalue weighted by Crippen LogP contribution is 2.28. The molecule has 0 N–H and O–H groups in total. The van der Waals surface area contributed by atoms with Crippen LogP contribution in [0.5, 0.6) is 0 Å². The molecule has 0 fully saturated rings. The van der Waals surface area contributed by atoms with E-state index in [9.17, 15) is 0 Å². The molecule has 0 saturated carbocycles. The maximum Gasteiger partial charge on any atom is 0.597 e. The van der Waals surface area contributed by atoms with Crippen LogP contribution in [0.4, 0.5) is 0 Å². The summed E-state index contributed by atoms with van der Waals surface area (Å²) in [6, 6.07) is 0.0676. The van der Waals surface area contributed by atoms with Gasteiger partial charge in [0.2, 0.25) is 0 Å². The highest BCUT2D eigenvalue weighted by atomic mass is 28.5. The average Bonchev–Trinajstić information content (AvgIpc) is 2.49. The zero-order valence-electron chi connectivity index (χ0n) is 13.9. The standard InChI is InChI=1S/C11H29NO6Si2/c1-9-10-11(2)12(19(13-3,14-4)15-5)20(16-6,17-7)18-8/h11H,9-10H2,1-8H3. The predicted octanol–water partition coefficient (Wildman–Crippen LogP) is 1.23. The molecule has 0 aromatic rings. The third kappa shape index (κ3) is 3.87. The van der Waals surface area contributed by atoms with Crippen molar-refractivity contribution in [2.24, 2.45) is 0 Å². The molecule has 0 aliphatic carbocycles. The van der Waals surface area contributed by atoms with Gasteiger partial charge in [-0.05, 0) is 6.42 Å². The Kier molecular flexibility index (Phi) is 9.30. The minimum absolute atomic E-state index is 0.0676. The van der Waals surface area contributed by atoms with Gasteiger partial charge in [0.15, 0.2) is 0 Å². The maximum absolute atomic E-state index is 5.59. The summed E-state index contributed by atoms with van der Waals surface area (Å²) in [6.07, 6.45) is 1.91. The Hall–Kier alpha value is 0.154. The van der Waals surface area contributed by atoms with Gasteiger partial charge in [0, 0.05) is 48.7 Å². The van der Waals surface area contributed by atoms with E-state index in [4.69, 9.17) is 26.6 Å². The Morgan fingerprint density at radius 3 is 1.25 bits per heavy atom. The first kappa shape index (κ1) is 20.2. The van der Waals surface area contributed by atoms with Gasteiger partial charge in [0.05, 0.1) is 0 Å². The first-order valence-corrected chi connectivity index (χ1v) is 9.92. The van der Waals surface area contributed by atoms with Crippen molar-refractivity contribution in [3.8, 4) is 0 Å². The van der Waals surface area contributed by atoms with Gasteiger partial charge in [-0.15, -0.1) is 0 Å². The van der Waals surface area contributed by atoms with Crippen LogP contribution in [0.25, 0.3) is 0 Å². The molecule has 0 amide bonds. The van der Waals surface area contributed by atoms with Crippen molar-refractivity contribution in [3.63, 3.8) is 0 Å². The molecule has 0 aliphatic rings. The van der Waals surface area contributed by atoms with Crippen LogP contribution in [0.15, 0.2) is 0 Å². The summed E-state index contributed by atoms with van der Waals surface area (Å²) in [5, 5.41) is 0. The molecule has 1 unspecified atom stereocenters. The molecule has 0 aliphatic heterocycles. The average molecular weight is 328 g/mol. The van der Waals surface area contributed by atoms with Gasteiger partial charge in [-0.3, -0.25) is 0 Å². The van der Waals surface area contributed by atoms with Crippen molar-refractivity contribution >= 4 is 17.9 Å². The van der Waals surface area contributed by atoms with Crippen LogP contribution in [0.1, 0.15) is 26.7 Å². The summed E-state index contributed by atoms with van der Waals surface area (Å²) in [7, 11) is 3.11. The molecule has 0 heterocycles. The molecule has 0 bridgehead atoms. The fraction of sp³-hybridized carbons (Fsp3) is 1.00. The third-order valence-corrected chi connectivity index (χ3v) is 10.1. The van der Waals surface area contributed by atoms with Gasteiger partial charge in [-0.2, -0.15) is 0 Å². The number of hydrogen-bond acceptors (Lipinski definition) is 7. The topological polar surface area (TPSA) is 58.6 Å². The van der Waals surface area contributed by atoms with E-state index in [1.54, 1.807) is 42.7 Å². The van der Waals surface area contributed by atoms with Crippen LogP contribution in [0.2, 0.25) is 0 Å². The second-order valence-corrected chi connectivity index (χ2v) is 10.2. The summed E-state index contributed by atoms with van der Waals surface area (Å²) in [5.41, 5.74) is 0. The molecule has 9 heteroatoms. The largest absolute Gasteiger partial charge is 0.597 e. The molecular weight excluding hydrogens is 298 g/mol. The van der Waals surface area contributed by atoms with Crippen molar-refractivity contribution < 1.29 is 26.6 Å². The summed E-state index contributed by atoms with van der Waals surface area (Å²) < 4.78 is 35.5. The van der Waals surface area contributed by atoms with Crippen LogP contribution < -0.4 is 0 Å². The minimum Gasteiger partial charge on any atom is -0.365 e. The minimum atomic E-state index is -3.13. The Labute approximate surface area is 124 Å². The van der Waals surface area contributed by atoms with Crippen molar-refractivity contribution in [1.29, 1.82) is 0 Å². The van der Waals surface area contributed by atoms with Crippen LogP contribution in [-0.2, 0) is 26.6 Å². The second-order valence-electron chi connectivity index (χ2n) is 4.28. The summed E-state index contributed by atoms with van der Waals surface area (Å²) >= 11 is 0. The molecule has 0 rings (SSSR count). The van der Waals surface area contributed by atoms with Gasteiger partial charge in [-0.1, -0.05) is 20.3 Å². The fourth-order valence-corrected chi connectivity index (χ4v) is 8.85. The van der Waals surface area contributed by atoms with Gasteiger partial charge >= 0.3 is 17.9 Å².